The number of para-hydroxylation sites is 1. The molecule has 1 amide bonds. The topological polar surface area (TPSA) is 50.4 Å². The number of hydrogen-bond donors (Lipinski definition) is 2. The van der Waals surface area contributed by atoms with Crippen LogP contribution in [-0.4, -0.2) is 26.1 Å². The molecule has 122 valence electrons. The molecule has 23 heavy (non-hydrogen) atoms. The molecule has 0 spiro atoms. The van der Waals surface area contributed by atoms with Gasteiger partial charge in [0, 0.05) is 17.3 Å². The van der Waals surface area contributed by atoms with Gasteiger partial charge in [-0.2, -0.15) is 0 Å². The molecule has 0 aromatic heterocycles. The SMILES string of the molecule is COc1ccccc1CCNC(=O)CNc1ccc(Cl)cc1C. The maximum Gasteiger partial charge on any atom is 0.239 e. The monoisotopic (exact) mass is 332 g/mol. The zero-order valence-electron chi connectivity index (χ0n) is 13.4. The Balaban J connectivity index is 1.77. The second kappa shape index (κ2) is 8.44. The van der Waals surface area contributed by atoms with Crippen LogP contribution in [0.15, 0.2) is 42.5 Å². The number of carbonyl (C=O) groups excluding carboxylic acids is 1. The first-order chi connectivity index (χ1) is 11.1. The van der Waals surface area contributed by atoms with E-state index in [1.807, 2.05) is 43.3 Å². The fourth-order valence-electron chi connectivity index (χ4n) is 2.31. The number of hydrogen-bond acceptors (Lipinski definition) is 3. The Morgan fingerprint density at radius 2 is 2.00 bits per heavy atom. The van der Waals surface area contributed by atoms with E-state index in [1.54, 1.807) is 13.2 Å². The van der Waals surface area contributed by atoms with Crippen LogP contribution in [0.3, 0.4) is 0 Å². The lowest BCUT2D eigenvalue weighted by molar-refractivity contribution is -0.119. The number of methoxy groups -OCH3 is 1. The second-order valence-corrected chi connectivity index (χ2v) is 5.66. The molecule has 4 nitrogen and oxygen atoms in total. The highest BCUT2D eigenvalue weighted by Gasteiger charge is 2.05. The first kappa shape index (κ1) is 17.2. The van der Waals surface area contributed by atoms with Crippen LogP contribution >= 0.6 is 11.6 Å². The maximum atomic E-state index is 11.9. The second-order valence-electron chi connectivity index (χ2n) is 5.22. The number of ether oxygens (including phenoxy) is 1. The Morgan fingerprint density at radius 1 is 1.22 bits per heavy atom. The van der Waals surface area contributed by atoms with Gasteiger partial charge < -0.3 is 15.4 Å². The molecule has 0 fully saturated rings. The van der Waals surface area contributed by atoms with Crippen LogP contribution < -0.4 is 15.4 Å². The van der Waals surface area contributed by atoms with E-state index < -0.39 is 0 Å². The molecule has 5 heteroatoms. The van der Waals surface area contributed by atoms with Crippen LogP contribution in [0.1, 0.15) is 11.1 Å². The normalized spacial score (nSPS) is 10.2. The molecule has 0 atom stereocenters. The van der Waals surface area contributed by atoms with Gasteiger partial charge in [0.25, 0.3) is 0 Å². The molecule has 2 aromatic carbocycles. The molecule has 0 aliphatic carbocycles. The first-order valence-electron chi connectivity index (χ1n) is 7.49. The predicted molar refractivity (Wildman–Crippen MR) is 94.4 cm³/mol. The molecule has 2 rings (SSSR count). The fourth-order valence-corrected chi connectivity index (χ4v) is 2.54. The lowest BCUT2D eigenvalue weighted by Gasteiger charge is -2.11. The third-order valence-corrected chi connectivity index (χ3v) is 3.77. The minimum Gasteiger partial charge on any atom is -0.496 e. The fraction of sp³-hybridized carbons (Fsp3) is 0.278. The maximum absolute atomic E-state index is 11.9. The van der Waals surface area contributed by atoms with Crippen LogP contribution in [0.25, 0.3) is 0 Å². The zero-order chi connectivity index (χ0) is 16.7. The van der Waals surface area contributed by atoms with Crippen LogP contribution in [-0.2, 0) is 11.2 Å². The molecule has 0 saturated heterocycles. The molecule has 0 unspecified atom stereocenters. The van der Waals surface area contributed by atoms with Crippen molar-refractivity contribution in [3.63, 3.8) is 0 Å². The lowest BCUT2D eigenvalue weighted by atomic mass is 10.1. The minimum absolute atomic E-state index is 0.0470. The summed E-state index contributed by atoms with van der Waals surface area (Å²) in [6.07, 6.45) is 0.732. The number of nitrogens with one attached hydrogen (secondary N) is 2. The van der Waals surface area contributed by atoms with E-state index in [2.05, 4.69) is 10.6 Å². The lowest BCUT2D eigenvalue weighted by Crippen LogP contribution is -2.31. The van der Waals surface area contributed by atoms with Gasteiger partial charge in [-0.3, -0.25) is 4.79 Å². The minimum atomic E-state index is -0.0470. The largest absolute Gasteiger partial charge is 0.496 e. The average molecular weight is 333 g/mol. The van der Waals surface area contributed by atoms with Crippen molar-refractivity contribution >= 4 is 23.2 Å². The summed E-state index contributed by atoms with van der Waals surface area (Å²) in [6.45, 7) is 2.75. The number of amides is 1. The van der Waals surface area contributed by atoms with E-state index in [0.29, 0.717) is 11.6 Å². The third-order valence-electron chi connectivity index (χ3n) is 3.54. The van der Waals surface area contributed by atoms with Crippen LogP contribution in [0, 0.1) is 6.92 Å². The van der Waals surface area contributed by atoms with Gasteiger partial charge in [0.05, 0.1) is 13.7 Å². The summed E-state index contributed by atoms with van der Waals surface area (Å²) in [5.41, 5.74) is 3.01. The summed E-state index contributed by atoms with van der Waals surface area (Å²) in [7, 11) is 1.65. The summed E-state index contributed by atoms with van der Waals surface area (Å²) in [5.74, 6) is 0.797. The summed E-state index contributed by atoms with van der Waals surface area (Å²) < 4.78 is 5.30. The van der Waals surface area contributed by atoms with Crippen molar-refractivity contribution in [2.45, 2.75) is 13.3 Å². The third kappa shape index (κ3) is 5.18. The highest BCUT2D eigenvalue weighted by molar-refractivity contribution is 6.30. The Bertz CT molecular complexity index is 674. The highest BCUT2D eigenvalue weighted by Crippen LogP contribution is 2.19. The molecule has 2 aromatic rings. The number of anilines is 1. The number of carbonyl (C=O) groups is 1. The molecule has 2 N–H and O–H groups in total. The van der Waals surface area contributed by atoms with Crippen molar-refractivity contribution in [2.24, 2.45) is 0 Å². The van der Waals surface area contributed by atoms with Crippen molar-refractivity contribution in [1.29, 1.82) is 0 Å². The van der Waals surface area contributed by atoms with E-state index in [-0.39, 0.29) is 12.5 Å². The van der Waals surface area contributed by atoms with Crippen LogP contribution in [0.5, 0.6) is 5.75 Å². The summed E-state index contributed by atoms with van der Waals surface area (Å²) in [5, 5.41) is 6.71. The van der Waals surface area contributed by atoms with Gasteiger partial charge in [-0.25, -0.2) is 0 Å². The quantitative estimate of drug-likeness (QED) is 0.816. The van der Waals surface area contributed by atoms with E-state index in [4.69, 9.17) is 16.3 Å². The van der Waals surface area contributed by atoms with Gasteiger partial charge in [0.1, 0.15) is 5.75 Å². The smallest absolute Gasteiger partial charge is 0.239 e. The standard InChI is InChI=1S/C18H21ClN2O2/c1-13-11-15(19)7-8-16(13)21-12-18(22)20-10-9-14-5-3-4-6-17(14)23-2/h3-8,11,21H,9-10,12H2,1-2H3,(H,20,22). The molecule has 0 radical (unpaired) electrons. The number of halogens is 1. The zero-order valence-corrected chi connectivity index (χ0v) is 14.1. The van der Waals surface area contributed by atoms with E-state index in [1.165, 1.54) is 0 Å². The first-order valence-corrected chi connectivity index (χ1v) is 7.86. The van der Waals surface area contributed by atoms with Crippen molar-refractivity contribution in [1.82, 2.24) is 5.32 Å². The Labute approximate surface area is 141 Å². The summed E-state index contributed by atoms with van der Waals surface area (Å²) in [4.78, 5) is 11.9. The molecule has 0 aliphatic heterocycles. The van der Waals surface area contributed by atoms with Gasteiger partial charge in [-0.1, -0.05) is 29.8 Å². The van der Waals surface area contributed by atoms with Gasteiger partial charge in [-0.05, 0) is 48.7 Å². The summed E-state index contributed by atoms with van der Waals surface area (Å²) in [6, 6.07) is 13.4. The number of rotatable bonds is 7. The molecule has 0 saturated carbocycles. The summed E-state index contributed by atoms with van der Waals surface area (Å²) >= 11 is 5.91. The average Bonchev–Trinajstić information content (AvgIpc) is 2.54. The van der Waals surface area contributed by atoms with Crippen molar-refractivity contribution < 1.29 is 9.53 Å². The van der Waals surface area contributed by atoms with Crippen molar-refractivity contribution in [2.75, 3.05) is 25.5 Å². The van der Waals surface area contributed by atoms with Gasteiger partial charge in [0.2, 0.25) is 5.91 Å². The van der Waals surface area contributed by atoms with E-state index >= 15 is 0 Å². The Kier molecular flexibility index (Phi) is 6.29. The Morgan fingerprint density at radius 3 is 2.74 bits per heavy atom. The van der Waals surface area contributed by atoms with E-state index in [0.717, 1.165) is 29.0 Å². The number of benzene rings is 2. The van der Waals surface area contributed by atoms with Gasteiger partial charge in [0.15, 0.2) is 0 Å². The number of aryl methyl sites for hydroxylation is 1. The molecular weight excluding hydrogens is 312 g/mol. The molecule has 0 aliphatic rings. The van der Waals surface area contributed by atoms with Gasteiger partial charge in [-0.15, -0.1) is 0 Å². The van der Waals surface area contributed by atoms with Crippen molar-refractivity contribution in [3.8, 4) is 5.75 Å². The van der Waals surface area contributed by atoms with Crippen LogP contribution in [0.4, 0.5) is 5.69 Å². The highest BCUT2D eigenvalue weighted by atomic mass is 35.5. The Hall–Kier alpha value is -2.20. The van der Waals surface area contributed by atoms with E-state index in [9.17, 15) is 4.79 Å². The molecule has 0 heterocycles. The van der Waals surface area contributed by atoms with Crippen molar-refractivity contribution in [3.05, 3.63) is 58.6 Å². The van der Waals surface area contributed by atoms with Gasteiger partial charge >= 0.3 is 0 Å². The van der Waals surface area contributed by atoms with Crippen LogP contribution in [0.2, 0.25) is 5.02 Å². The molecular formula is C18H21ClN2O2. The predicted octanol–water partition coefficient (Wildman–Crippen LogP) is 3.43. The molecule has 0 bridgehead atoms.